The van der Waals surface area contributed by atoms with E-state index in [1.165, 1.54) is 12.1 Å². The van der Waals surface area contributed by atoms with Crippen molar-refractivity contribution in [2.24, 2.45) is 7.05 Å². The molecule has 1 aliphatic heterocycles. The highest BCUT2D eigenvalue weighted by Gasteiger charge is 2.25. The van der Waals surface area contributed by atoms with E-state index in [4.69, 9.17) is 4.42 Å². The Morgan fingerprint density at radius 1 is 1.36 bits per heavy atom. The van der Waals surface area contributed by atoms with Gasteiger partial charge in [-0.25, -0.2) is 4.98 Å². The van der Waals surface area contributed by atoms with Gasteiger partial charge in [0.15, 0.2) is 18.0 Å². The van der Waals surface area contributed by atoms with Gasteiger partial charge >= 0.3 is 0 Å². The molecule has 0 spiro atoms. The fraction of sp³-hybridized carbons (Fsp3) is 0.278. The second kappa shape index (κ2) is 6.08. The molecular weight excluding hydrogens is 318 g/mol. The van der Waals surface area contributed by atoms with Crippen LogP contribution in [0.1, 0.15) is 18.2 Å². The first kappa shape index (κ1) is 15.4. The van der Waals surface area contributed by atoms with Crippen LogP contribution >= 0.6 is 0 Å². The van der Waals surface area contributed by atoms with E-state index in [0.717, 1.165) is 41.4 Å². The first-order valence-electron chi connectivity index (χ1n) is 8.18. The summed E-state index contributed by atoms with van der Waals surface area (Å²) < 4.78 is 7.26. The van der Waals surface area contributed by atoms with Gasteiger partial charge in [0.1, 0.15) is 0 Å². The zero-order valence-corrected chi connectivity index (χ0v) is 14.2. The number of aryl methyl sites for hydroxylation is 1. The van der Waals surface area contributed by atoms with Gasteiger partial charge in [0, 0.05) is 49.4 Å². The van der Waals surface area contributed by atoms with Crippen LogP contribution in [0.2, 0.25) is 0 Å². The van der Waals surface area contributed by atoms with E-state index >= 15 is 0 Å². The number of fused-ring (bicyclic) bond motifs is 1. The normalized spacial score (nSPS) is 13.6. The number of oxazole rings is 1. The van der Waals surface area contributed by atoms with Gasteiger partial charge in [0.05, 0.1) is 12.7 Å². The molecule has 128 valence electrons. The highest BCUT2D eigenvalue weighted by atomic mass is 16.3. The molecule has 0 radical (unpaired) electrons. The first-order valence-corrected chi connectivity index (χ1v) is 8.18. The molecule has 7 nitrogen and oxygen atoms in total. The van der Waals surface area contributed by atoms with E-state index in [0.29, 0.717) is 6.54 Å². The summed E-state index contributed by atoms with van der Waals surface area (Å²) in [4.78, 5) is 17.5. The van der Waals surface area contributed by atoms with E-state index in [1.807, 2.05) is 40.9 Å². The number of aromatic nitrogens is 3. The zero-order chi connectivity index (χ0) is 17.4. The molecule has 1 aliphatic rings. The molecule has 7 heteroatoms. The second-order valence-corrected chi connectivity index (χ2v) is 6.16. The van der Waals surface area contributed by atoms with Crippen LogP contribution < -0.4 is 5.32 Å². The number of carbonyl (C=O) groups is 1. The number of rotatable bonds is 3. The molecule has 0 bridgehead atoms. The topological polar surface area (TPSA) is 76.2 Å². The third-order valence-electron chi connectivity index (χ3n) is 4.53. The van der Waals surface area contributed by atoms with Gasteiger partial charge in [-0.1, -0.05) is 12.1 Å². The van der Waals surface area contributed by atoms with E-state index in [-0.39, 0.29) is 5.91 Å². The van der Waals surface area contributed by atoms with Crippen LogP contribution in [0.15, 0.2) is 41.3 Å². The fourth-order valence-corrected chi connectivity index (χ4v) is 3.21. The van der Waals surface area contributed by atoms with Crippen LogP contribution in [-0.4, -0.2) is 32.1 Å². The van der Waals surface area contributed by atoms with Crippen LogP contribution in [0.25, 0.3) is 11.3 Å². The highest BCUT2D eigenvalue weighted by Crippen LogP contribution is 2.29. The van der Waals surface area contributed by atoms with Gasteiger partial charge in [-0.15, -0.1) is 0 Å². The smallest absolute Gasteiger partial charge is 0.219 e. The number of nitrogens with one attached hydrogen (secondary N) is 1. The van der Waals surface area contributed by atoms with E-state index in [2.05, 4.69) is 15.4 Å². The summed E-state index contributed by atoms with van der Waals surface area (Å²) >= 11 is 0. The van der Waals surface area contributed by atoms with Crippen molar-refractivity contribution in [3.63, 3.8) is 0 Å². The minimum Gasteiger partial charge on any atom is -0.444 e. The van der Waals surface area contributed by atoms with Gasteiger partial charge in [0.25, 0.3) is 0 Å². The lowest BCUT2D eigenvalue weighted by Crippen LogP contribution is -2.34. The van der Waals surface area contributed by atoms with Crippen molar-refractivity contribution in [2.75, 3.05) is 11.9 Å². The van der Waals surface area contributed by atoms with Crippen molar-refractivity contribution in [1.82, 2.24) is 19.7 Å². The van der Waals surface area contributed by atoms with Crippen LogP contribution in [0, 0.1) is 0 Å². The Balaban J connectivity index is 1.64. The Labute approximate surface area is 145 Å². The molecule has 2 aromatic heterocycles. The average molecular weight is 337 g/mol. The summed E-state index contributed by atoms with van der Waals surface area (Å²) in [6.45, 7) is 2.93. The molecule has 0 atom stereocenters. The number of hydrogen-bond donors (Lipinski definition) is 1. The number of amides is 1. The summed E-state index contributed by atoms with van der Waals surface area (Å²) in [5, 5.41) is 7.99. The fourth-order valence-electron chi connectivity index (χ4n) is 3.21. The van der Waals surface area contributed by atoms with E-state index in [9.17, 15) is 4.79 Å². The van der Waals surface area contributed by atoms with Gasteiger partial charge in [0.2, 0.25) is 5.91 Å². The molecule has 1 aromatic carbocycles. The predicted octanol–water partition coefficient (Wildman–Crippen LogP) is 2.72. The predicted molar refractivity (Wildman–Crippen MR) is 93.2 cm³/mol. The van der Waals surface area contributed by atoms with Crippen LogP contribution in [0.3, 0.4) is 0 Å². The lowest BCUT2D eigenvalue weighted by atomic mass is 10.1. The van der Waals surface area contributed by atoms with Gasteiger partial charge in [-0.2, -0.15) is 5.10 Å². The molecule has 1 N–H and O–H groups in total. The van der Waals surface area contributed by atoms with Gasteiger partial charge in [-0.05, 0) is 12.1 Å². The average Bonchev–Trinajstić information content (AvgIpc) is 3.24. The summed E-state index contributed by atoms with van der Waals surface area (Å²) in [6, 6.07) is 7.90. The Morgan fingerprint density at radius 2 is 2.24 bits per heavy atom. The zero-order valence-electron chi connectivity index (χ0n) is 14.2. The number of anilines is 2. The third-order valence-corrected chi connectivity index (χ3v) is 4.53. The van der Waals surface area contributed by atoms with Crippen molar-refractivity contribution in [1.29, 1.82) is 0 Å². The monoisotopic (exact) mass is 337 g/mol. The van der Waals surface area contributed by atoms with Crippen molar-refractivity contribution in [3.8, 4) is 11.3 Å². The summed E-state index contributed by atoms with van der Waals surface area (Å²) in [7, 11) is 1.94. The molecule has 3 aromatic rings. The molecule has 4 rings (SSSR count). The van der Waals surface area contributed by atoms with Gasteiger partial charge < -0.3 is 14.6 Å². The molecule has 0 fully saturated rings. The van der Waals surface area contributed by atoms with Crippen LogP contribution in [0.4, 0.5) is 11.5 Å². The summed E-state index contributed by atoms with van der Waals surface area (Å²) in [6.07, 6.45) is 3.92. The minimum atomic E-state index is 0.0905. The lowest BCUT2D eigenvalue weighted by Gasteiger charge is -2.26. The molecule has 25 heavy (non-hydrogen) atoms. The van der Waals surface area contributed by atoms with Crippen molar-refractivity contribution in [2.45, 2.75) is 19.9 Å². The number of nitrogens with zero attached hydrogens (tertiary/aromatic N) is 4. The van der Waals surface area contributed by atoms with E-state index in [1.54, 1.807) is 13.1 Å². The Hall–Kier alpha value is -3.09. The van der Waals surface area contributed by atoms with Crippen LogP contribution in [-0.2, 0) is 24.8 Å². The Morgan fingerprint density at radius 3 is 3.00 bits per heavy atom. The van der Waals surface area contributed by atoms with Crippen molar-refractivity contribution >= 4 is 17.4 Å². The second-order valence-electron chi connectivity index (χ2n) is 6.16. The molecule has 0 unspecified atom stereocenters. The molecule has 0 saturated heterocycles. The van der Waals surface area contributed by atoms with Crippen molar-refractivity contribution < 1.29 is 9.21 Å². The largest absolute Gasteiger partial charge is 0.444 e. The molecule has 1 amide bonds. The Kier molecular flexibility index (Phi) is 3.76. The molecule has 0 saturated carbocycles. The van der Waals surface area contributed by atoms with E-state index < -0.39 is 0 Å². The number of benzene rings is 1. The maximum absolute atomic E-state index is 11.7. The molecular formula is C18H19N5O2. The molecule has 0 aliphatic carbocycles. The number of hydrogen-bond acceptors (Lipinski definition) is 5. The summed E-state index contributed by atoms with van der Waals surface area (Å²) in [5.41, 5.74) is 4.10. The quantitative estimate of drug-likeness (QED) is 0.795. The van der Waals surface area contributed by atoms with Crippen LogP contribution in [0.5, 0.6) is 0 Å². The third kappa shape index (κ3) is 2.88. The maximum atomic E-state index is 11.7. The summed E-state index contributed by atoms with van der Waals surface area (Å²) in [5.74, 6) is 1.60. The lowest BCUT2D eigenvalue weighted by molar-refractivity contribution is -0.129. The SMILES string of the molecule is CC(=O)N1CCc2c(c(Nc3cccc(-c4cnco4)c3)nn2C)C1. The molecule has 3 heterocycles. The van der Waals surface area contributed by atoms with Gasteiger partial charge in [-0.3, -0.25) is 9.48 Å². The highest BCUT2D eigenvalue weighted by molar-refractivity contribution is 5.74. The van der Waals surface area contributed by atoms with Crippen molar-refractivity contribution in [3.05, 3.63) is 48.1 Å². The first-order chi connectivity index (χ1) is 12.1. The Bertz CT molecular complexity index is 914. The standard InChI is InChI=1S/C18H19N5O2/c1-12(24)23-7-6-16-15(10-23)18(21-22(16)2)20-14-5-3-4-13(8-14)17-9-19-11-25-17/h3-5,8-9,11H,6-7,10H2,1-2H3,(H,20,21). The minimum absolute atomic E-state index is 0.0905. The number of carbonyl (C=O) groups excluding carboxylic acids is 1. The maximum Gasteiger partial charge on any atom is 0.219 e.